The lowest BCUT2D eigenvalue weighted by molar-refractivity contribution is 0.0352. The second-order valence-corrected chi connectivity index (χ2v) is 4.19. The highest BCUT2D eigenvalue weighted by Crippen LogP contribution is 2.22. The first-order valence-electron chi connectivity index (χ1n) is 6.07. The summed E-state index contributed by atoms with van der Waals surface area (Å²) < 4.78 is 0. The molecule has 0 aliphatic carbocycles. The number of rotatable bonds is 6. The van der Waals surface area contributed by atoms with E-state index in [-0.39, 0.29) is 0 Å². The molecule has 0 aromatic heterocycles. The molecule has 0 bridgehead atoms. The van der Waals surface area contributed by atoms with Crippen LogP contribution in [0.2, 0.25) is 0 Å². The highest BCUT2D eigenvalue weighted by atomic mass is 16.3. The zero-order chi connectivity index (χ0) is 11.9. The summed E-state index contributed by atoms with van der Waals surface area (Å²) in [6.45, 7) is 10.5. The van der Waals surface area contributed by atoms with Gasteiger partial charge in [0.05, 0.1) is 5.60 Å². The van der Waals surface area contributed by atoms with Crippen LogP contribution in [-0.4, -0.2) is 10.7 Å². The monoisotopic (exact) mass is 210 g/mol. The molecule has 0 rings (SSSR count). The Morgan fingerprint density at radius 2 is 1.73 bits per heavy atom. The number of allylic oxidation sites excluding steroid dienone is 3. The molecule has 0 saturated heterocycles. The number of hydrogen-bond acceptors (Lipinski definition) is 1. The van der Waals surface area contributed by atoms with Crippen LogP contribution in [0.4, 0.5) is 0 Å². The first kappa shape index (κ1) is 14.4. The van der Waals surface area contributed by atoms with Crippen molar-refractivity contribution in [3.05, 3.63) is 23.3 Å². The van der Waals surface area contributed by atoms with Crippen LogP contribution >= 0.6 is 0 Å². The Kier molecular flexibility index (Phi) is 6.58. The van der Waals surface area contributed by atoms with Gasteiger partial charge in [0, 0.05) is 0 Å². The van der Waals surface area contributed by atoms with Gasteiger partial charge in [-0.15, -0.1) is 0 Å². The second kappa shape index (κ2) is 6.84. The summed E-state index contributed by atoms with van der Waals surface area (Å²) in [6, 6.07) is 0. The molecular weight excluding hydrogens is 184 g/mol. The van der Waals surface area contributed by atoms with Gasteiger partial charge < -0.3 is 5.11 Å². The van der Waals surface area contributed by atoms with Gasteiger partial charge in [-0.1, -0.05) is 38.5 Å². The molecule has 1 heteroatoms. The molecule has 0 amide bonds. The average molecular weight is 210 g/mol. The minimum Gasteiger partial charge on any atom is -0.390 e. The Labute approximate surface area is 94.9 Å². The molecule has 0 radical (unpaired) electrons. The van der Waals surface area contributed by atoms with E-state index in [0.717, 1.165) is 25.7 Å². The smallest absolute Gasteiger partial charge is 0.0677 e. The van der Waals surface area contributed by atoms with E-state index in [1.54, 1.807) is 0 Å². The van der Waals surface area contributed by atoms with Gasteiger partial charge in [0.25, 0.3) is 0 Å². The molecule has 88 valence electrons. The lowest BCUT2D eigenvalue weighted by Crippen LogP contribution is -2.25. The van der Waals surface area contributed by atoms with Crippen LogP contribution in [0.5, 0.6) is 0 Å². The van der Waals surface area contributed by atoms with Gasteiger partial charge in [-0.2, -0.15) is 0 Å². The summed E-state index contributed by atoms with van der Waals surface area (Å²) in [5, 5.41) is 10.1. The molecule has 1 nitrogen and oxygen atoms in total. The molecule has 0 aliphatic rings. The van der Waals surface area contributed by atoms with E-state index in [4.69, 9.17) is 0 Å². The minimum atomic E-state index is -0.506. The van der Waals surface area contributed by atoms with Gasteiger partial charge in [-0.05, 0) is 45.1 Å². The van der Waals surface area contributed by atoms with Crippen molar-refractivity contribution in [2.75, 3.05) is 0 Å². The van der Waals surface area contributed by atoms with Crippen molar-refractivity contribution in [1.82, 2.24) is 0 Å². The summed E-state index contributed by atoms with van der Waals surface area (Å²) >= 11 is 0. The Hall–Kier alpha value is -0.560. The van der Waals surface area contributed by atoms with Crippen molar-refractivity contribution in [3.63, 3.8) is 0 Å². The summed E-state index contributed by atoms with van der Waals surface area (Å²) in [7, 11) is 0. The van der Waals surface area contributed by atoms with E-state index >= 15 is 0 Å². The zero-order valence-electron chi connectivity index (χ0n) is 10.9. The topological polar surface area (TPSA) is 20.2 Å². The second-order valence-electron chi connectivity index (χ2n) is 4.19. The van der Waals surface area contributed by atoms with Crippen molar-refractivity contribution in [1.29, 1.82) is 0 Å². The maximum Gasteiger partial charge on any atom is 0.0677 e. The third-order valence-corrected chi connectivity index (χ3v) is 3.34. The van der Waals surface area contributed by atoms with Crippen LogP contribution < -0.4 is 0 Å². The maximum atomic E-state index is 10.1. The number of aliphatic hydroxyl groups is 1. The van der Waals surface area contributed by atoms with E-state index in [1.807, 2.05) is 13.8 Å². The standard InChI is InChI=1S/C14H26O/c1-6-13(7-2)12(5)10-11-14(15,8-3)9-4/h6,10,15H,7-9,11H2,1-5H3/b12-10+,13-6+. The molecule has 15 heavy (non-hydrogen) atoms. The first-order chi connectivity index (χ1) is 7.02. The van der Waals surface area contributed by atoms with Gasteiger partial charge in [0.15, 0.2) is 0 Å². The van der Waals surface area contributed by atoms with Gasteiger partial charge in [0.1, 0.15) is 0 Å². The third-order valence-electron chi connectivity index (χ3n) is 3.34. The lowest BCUT2D eigenvalue weighted by atomic mass is 9.91. The van der Waals surface area contributed by atoms with Crippen molar-refractivity contribution in [3.8, 4) is 0 Å². The molecule has 0 spiro atoms. The van der Waals surface area contributed by atoms with Crippen LogP contribution in [0.15, 0.2) is 23.3 Å². The molecule has 0 unspecified atom stereocenters. The van der Waals surface area contributed by atoms with Gasteiger partial charge in [0.2, 0.25) is 0 Å². The van der Waals surface area contributed by atoms with Gasteiger partial charge in [-0.3, -0.25) is 0 Å². The maximum absolute atomic E-state index is 10.1. The van der Waals surface area contributed by atoms with Crippen molar-refractivity contribution >= 4 is 0 Å². The van der Waals surface area contributed by atoms with Crippen molar-refractivity contribution in [2.24, 2.45) is 0 Å². The fraction of sp³-hybridized carbons (Fsp3) is 0.714. The van der Waals surface area contributed by atoms with E-state index < -0.39 is 5.60 Å². The van der Waals surface area contributed by atoms with E-state index in [1.165, 1.54) is 11.1 Å². The van der Waals surface area contributed by atoms with Gasteiger partial charge in [-0.25, -0.2) is 0 Å². The predicted octanol–water partition coefficient (Wildman–Crippen LogP) is 4.23. The molecule has 0 aliphatic heterocycles. The SMILES string of the molecule is C/C=C(CC)/C(C)=C/CC(O)(CC)CC. The van der Waals surface area contributed by atoms with E-state index in [9.17, 15) is 5.11 Å². The first-order valence-corrected chi connectivity index (χ1v) is 6.07. The Morgan fingerprint density at radius 1 is 1.20 bits per heavy atom. The molecule has 0 saturated carbocycles. The quantitative estimate of drug-likeness (QED) is 0.650. The fourth-order valence-corrected chi connectivity index (χ4v) is 1.72. The molecule has 0 heterocycles. The Balaban J connectivity index is 4.51. The minimum absolute atomic E-state index is 0.506. The largest absolute Gasteiger partial charge is 0.390 e. The van der Waals surface area contributed by atoms with E-state index in [0.29, 0.717) is 0 Å². The third kappa shape index (κ3) is 4.65. The Bertz CT molecular complexity index is 232. The molecule has 0 fully saturated rings. The highest BCUT2D eigenvalue weighted by molar-refractivity contribution is 5.28. The van der Waals surface area contributed by atoms with E-state index in [2.05, 4.69) is 32.9 Å². The highest BCUT2D eigenvalue weighted by Gasteiger charge is 2.20. The fourth-order valence-electron chi connectivity index (χ4n) is 1.72. The average Bonchev–Trinajstić information content (AvgIpc) is 2.27. The summed E-state index contributed by atoms with van der Waals surface area (Å²) in [6.07, 6.45) is 7.81. The van der Waals surface area contributed by atoms with Crippen LogP contribution in [0, 0.1) is 0 Å². The lowest BCUT2D eigenvalue weighted by Gasteiger charge is -2.23. The molecule has 1 N–H and O–H groups in total. The normalized spacial score (nSPS) is 14.5. The van der Waals surface area contributed by atoms with Crippen molar-refractivity contribution < 1.29 is 5.11 Å². The summed E-state index contributed by atoms with van der Waals surface area (Å²) in [5.74, 6) is 0. The molecular formula is C14H26O. The zero-order valence-corrected chi connectivity index (χ0v) is 10.9. The number of hydrogen-bond donors (Lipinski definition) is 1. The van der Waals surface area contributed by atoms with Crippen LogP contribution in [0.3, 0.4) is 0 Å². The molecule has 0 aromatic carbocycles. The van der Waals surface area contributed by atoms with Gasteiger partial charge >= 0.3 is 0 Å². The van der Waals surface area contributed by atoms with Crippen LogP contribution in [0.25, 0.3) is 0 Å². The Morgan fingerprint density at radius 3 is 2.07 bits per heavy atom. The molecule has 0 atom stereocenters. The predicted molar refractivity (Wildman–Crippen MR) is 68.0 cm³/mol. The summed E-state index contributed by atoms with van der Waals surface area (Å²) in [4.78, 5) is 0. The molecule has 0 aromatic rings. The van der Waals surface area contributed by atoms with Crippen LogP contribution in [-0.2, 0) is 0 Å². The van der Waals surface area contributed by atoms with Crippen molar-refractivity contribution in [2.45, 2.75) is 65.9 Å². The van der Waals surface area contributed by atoms with Crippen LogP contribution in [0.1, 0.15) is 60.3 Å². The summed E-state index contributed by atoms with van der Waals surface area (Å²) in [5.41, 5.74) is 2.18.